The number of hydrogen-bond donors (Lipinski definition) is 1. The summed E-state index contributed by atoms with van der Waals surface area (Å²) in [6.07, 6.45) is -2.03. The fourth-order valence-corrected chi connectivity index (χ4v) is 1.16. The molecule has 0 atom stereocenters. The Hall–Kier alpha value is -1.46. The lowest BCUT2D eigenvalue weighted by Crippen LogP contribution is -2.12. The van der Waals surface area contributed by atoms with E-state index in [1.807, 2.05) is 0 Å². The summed E-state index contributed by atoms with van der Waals surface area (Å²) in [7, 11) is 0. The summed E-state index contributed by atoms with van der Waals surface area (Å²) in [6.45, 7) is 0. The predicted octanol–water partition coefficient (Wildman–Crippen LogP) is 2.22. The molecule has 0 bridgehead atoms. The Balaban J connectivity index is 2.38. The van der Waals surface area contributed by atoms with Gasteiger partial charge in [0.05, 0.1) is 6.10 Å². The lowest BCUT2D eigenvalue weighted by atomic mass is 10.2. The standard InChI is InChI=1S/C9H9F3N2O/c10-9(11,12)6-3-4-14-8(13)7(6)15-5-1-2-5/h3-5H,1-2H2,(H2,13,14). The van der Waals surface area contributed by atoms with E-state index in [1.165, 1.54) is 0 Å². The van der Waals surface area contributed by atoms with Crippen LogP contribution in [0, 0.1) is 0 Å². The Kier molecular flexibility index (Phi) is 2.21. The third-order valence-electron chi connectivity index (χ3n) is 2.05. The van der Waals surface area contributed by atoms with E-state index in [4.69, 9.17) is 10.5 Å². The number of pyridine rings is 1. The Morgan fingerprint density at radius 2 is 2.07 bits per heavy atom. The molecule has 0 aliphatic heterocycles. The SMILES string of the molecule is Nc1nccc(C(F)(F)F)c1OC1CC1. The van der Waals surface area contributed by atoms with Crippen molar-refractivity contribution in [1.29, 1.82) is 0 Å². The van der Waals surface area contributed by atoms with Gasteiger partial charge in [-0.1, -0.05) is 0 Å². The molecule has 1 aromatic rings. The van der Waals surface area contributed by atoms with E-state index in [0.29, 0.717) is 0 Å². The molecular weight excluding hydrogens is 209 g/mol. The average molecular weight is 218 g/mol. The number of alkyl halides is 3. The Bertz CT molecular complexity index is 374. The number of anilines is 1. The molecule has 1 saturated carbocycles. The first kappa shape index (κ1) is 10.1. The van der Waals surface area contributed by atoms with Crippen molar-refractivity contribution < 1.29 is 17.9 Å². The van der Waals surface area contributed by atoms with Gasteiger partial charge in [-0.2, -0.15) is 13.2 Å². The monoisotopic (exact) mass is 218 g/mol. The Morgan fingerprint density at radius 1 is 1.40 bits per heavy atom. The molecule has 82 valence electrons. The van der Waals surface area contributed by atoms with Crippen molar-refractivity contribution in [2.75, 3.05) is 5.73 Å². The maximum Gasteiger partial charge on any atom is 0.420 e. The summed E-state index contributed by atoms with van der Waals surface area (Å²) in [5, 5.41) is 0. The van der Waals surface area contributed by atoms with Crippen molar-refractivity contribution in [1.82, 2.24) is 4.98 Å². The average Bonchev–Trinajstić information content (AvgIpc) is 2.90. The summed E-state index contributed by atoms with van der Waals surface area (Å²) in [4.78, 5) is 3.59. The predicted molar refractivity (Wildman–Crippen MR) is 47.3 cm³/mol. The molecule has 1 aliphatic carbocycles. The van der Waals surface area contributed by atoms with Gasteiger partial charge >= 0.3 is 6.18 Å². The number of rotatable bonds is 2. The Labute approximate surface area is 84.1 Å². The van der Waals surface area contributed by atoms with E-state index in [0.717, 1.165) is 25.1 Å². The zero-order chi connectivity index (χ0) is 11.1. The van der Waals surface area contributed by atoms with E-state index < -0.39 is 11.7 Å². The molecule has 0 aromatic carbocycles. The molecular formula is C9H9F3N2O. The van der Waals surface area contributed by atoms with Gasteiger partial charge in [-0.3, -0.25) is 0 Å². The zero-order valence-corrected chi connectivity index (χ0v) is 7.71. The van der Waals surface area contributed by atoms with Gasteiger partial charge in [0.15, 0.2) is 11.6 Å². The first-order valence-corrected chi connectivity index (χ1v) is 4.47. The molecule has 6 heteroatoms. The highest BCUT2D eigenvalue weighted by atomic mass is 19.4. The van der Waals surface area contributed by atoms with Gasteiger partial charge in [0.25, 0.3) is 0 Å². The molecule has 3 nitrogen and oxygen atoms in total. The maximum atomic E-state index is 12.5. The molecule has 0 amide bonds. The van der Waals surface area contributed by atoms with Crippen molar-refractivity contribution in [2.24, 2.45) is 0 Å². The summed E-state index contributed by atoms with van der Waals surface area (Å²) in [5.74, 6) is -0.552. The van der Waals surface area contributed by atoms with Crippen LogP contribution in [-0.4, -0.2) is 11.1 Å². The number of nitrogens with two attached hydrogens (primary N) is 1. The molecule has 0 unspecified atom stereocenters. The topological polar surface area (TPSA) is 48.1 Å². The molecule has 0 saturated heterocycles. The van der Waals surface area contributed by atoms with Crippen LogP contribution >= 0.6 is 0 Å². The molecule has 0 radical (unpaired) electrons. The van der Waals surface area contributed by atoms with Crippen LogP contribution in [0.25, 0.3) is 0 Å². The van der Waals surface area contributed by atoms with Crippen LogP contribution < -0.4 is 10.5 Å². The smallest absolute Gasteiger partial charge is 0.420 e. The van der Waals surface area contributed by atoms with Crippen LogP contribution in [0.15, 0.2) is 12.3 Å². The highest BCUT2D eigenvalue weighted by Gasteiger charge is 2.37. The quantitative estimate of drug-likeness (QED) is 0.827. The lowest BCUT2D eigenvalue weighted by Gasteiger charge is -2.14. The number of ether oxygens (including phenoxy) is 1. The van der Waals surface area contributed by atoms with Gasteiger partial charge in [0.1, 0.15) is 5.56 Å². The van der Waals surface area contributed by atoms with Crippen molar-refractivity contribution >= 4 is 5.82 Å². The highest BCUT2D eigenvalue weighted by molar-refractivity contribution is 5.52. The molecule has 1 aliphatic rings. The molecule has 2 N–H and O–H groups in total. The third-order valence-corrected chi connectivity index (χ3v) is 2.05. The maximum absolute atomic E-state index is 12.5. The van der Waals surface area contributed by atoms with Crippen LogP contribution in [0.4, 0.5) is 19.0 Å². The molecule has 1 fully saturated rings. The van der Waals surface area contributed by atoms with Crippen LogP contribution in [-0.2, 0) is 6.18 Å². The van der Waals surface area contributed by atoms with Gasteiger partial charge in [0, 0.05) is 6.20 Å². The molecule has 0 spiro atoms. The van der Waals surface area contributed by atoms with Gasteiger partial charge in [-0.05, 0) is 18.9 Å². The molecule has 1 heterocycles. The van der Waals surface area contributed by atoms with Gasteiger partial charge in [-0.15, -0.1) is 0 Å². The third kappa shape index (κ3) is 2.14. The van der Waals surface area contributed by atoms with Gasteiger partial charge < -0.3 is 10.5 Å². The van der Waals surface area contributed by atoms with Crippen LogP contribution in [0.5, 0.6) is 5.75 Å². The summed E-state index contributed by atoms with van der Waals surface area (Å²) < 4.78 is 42.7. The minimum Gasteiger partial charge on any atom is -0.486 e. The van der Waals surface area contributed by atoms with Crippen molar-refractivity contribution in [2.45, 2.75) is 25.1 Å². The number of nitrogens with zero attached hydrogens (tertiary/aromatic N) is 1. The minimum atomic E-state index is -4.46. The lowest BCUT2D eigenvalue weighted by molar-refractivity contribution is -0.139. The number of hydrogen-bond acceptors (Lipinski definition) is 3. The van der Waals surface area contributed by atoms with Gasteiger partial charge in [-0.25, -0.2) is 4.98 Å². The normalized spacial score (nSPS) is 16.5. The van der Waals surface area contributed by atoms with Crippen molar-refractivity contribution in [3.05, 3.63) is 17.8 Å². The van der Waals surface area contributed by atoms with Crippen LogP contribution in [0.3, 0.4) is 0 Å². The van der Waals surface area contributed by atoms with Crippen LogP contribution in [0.2, 0.25) is 0 Å². The zero-order valence-electron chi connectivity index (χ0n) is 7.71. The largest absolute Gasteiger partial charge is 0.486 e. The van der Waals surface area contributed by atoms with E-state index in [-0.39, 0.29) is 17.7 Å². The fourth-order valence-electron chi connectivity index (χ4n) is 1.16. The summed E-state index contributed by atoms with van der Waals surface area (Å²) in [5.41, 5.74) is 4.50. The van der Waals surface area contributed by atoms with Crippen LogP contribution in [0.1, 0.15) is 18.4 Å². The van der Waals surface area contributed by atoms with Crippen molar-refractivity contribution in [3.8, 4) is 5.75 Å². The molecule has 2 rings (SSSR count). The first-order chi connectivity index (χ1) is 6.98. The summed E-state index contributed by atoms with van der Waals surface area (Å²) >= 11 is 0. The summed E-state index contributed by atoms with van der Waals surface area (Å²) in [6, 6.07) is 0.869. The number of halogens is 3. The van der Waals surface area contributed by atoms with E-state index in [9.17, 15) is 13.2 Å². The fraction of sp³-hybridized carbons (Fsp3) is 0.444. The van der Waals surface area contributed by atoms with E-state index in [1.54, 1.807) is 0 Å². The number of aromatic nitrogens is 1. The molecule has 15 heavy (non-hydrogen) atoms. The van der Waals surface area contributed by atoms with E-state index in [2.05, 4.69) is 4.98 Å². The molecule has 1 aromatic heterocycles. The van der Waals surface area contributed by atoms with Gasteiger partial charge in [0.2, 0.25) is 0 Å². The second-order valence-corrected chi connectivity index (χ2v) is 3.39. The number of nitrogen functional groups attached to an aromatic ring is 1. The first-order valence-electron chi connectivity index (χ1n) is 4.47. The van der Waals surface area contributed by atoms with E-state index >= 15 is 0 Å². The second kappa shape index (κ2) is 3.29. The second-order valence-electron chi connectivity index (χ2n) is 3.39. The minimum absolute atomic E-state index is 0.141. The van der Waals surface area contributed by atoms with Crippen molar-refractivity contribution in [3.63, 3.8) is 0 Å². The highest BCUT2D eigenvalue weighted by Crippen LogP contribution is 2.40. The Morgan fingerprint density at radius 3 is 2.60 bits per heavy atom.